The summed E-state index contributed by atoms with van der Waals surface area (Å²) in [6, 6.07) is -0.0824. The minimum atomic E-state index is -4.51. The van der Waals surface area contributed by atoms with Crippen molar-refractivity contribution >= 4 is 13.9 Å². The average molecular weight is 582 g/mol. The molecule has 0 rings (SSSR count). The molecule has 0 aromatic heterocycles. The molecule has 2 amide bonds. The molecule has 0 radical (unpaired) electrons. The van der Waals surface area contributed by atoms with E-state index in [1.807, 2.05) is 21.1 Å². The number of carbonyl (C=O) groups excluding carboxylic acids is 1. The molecule has 1 unspecified atom stereocenters. The Kier molecular flexibility index (Phi) is 28.5. The van der Waals surface area contributed by atoms with E-state index in [1.165, 1.54) is 114 Å². The number of phosphoric ester groups is 1. The number of hydrogen-bond donors (Lipinski definition) is 3. The zero-order valence-corrected chi connectivity index (χ0v) is 27.0. The maximum atomic E-state index is 11.6. The number of amides is 2. The molecule has 0 heterocycles. The maximum Gasteiger partial charge on any atom is 0.317 e. The van der Waals surface area contributed by atoms with Crippen LogP contribution in [0.2, 0.25) is 0 Å². The van der Waals surface area contributed by atoms with Crippen LogP contribution < -0.4 is 10.2 Å². The van der Waals surface area contributed by atoms with E-state index in [4.69, 9.17) is 10.00 Å². The second-order valence-corrected chi connectivity index (χ2v) is 12.9. The van der Waals surface area contributed by atoms with E-state index in [0.29, 0.717) is 17.6 Å². The number of carbonyl (C=O) groups is 1. The Hall–Kier alpha value is -0.700. The van der Waals surface area contributed by atoms with Crippen molar-refractivity contribution in [3.8, 4) is 0 Å². The van der Waals surface area contributed by atoms with Crippen molar-refractivity contribution in [1.29, 1.82) is 0 Å². The third kappa shape index (κ3) is 37.3. The Labute approximate surface area is 240 Å². The summed E-state index contributed by atoms with van der Waals surface area (Å²) in [5.41, 5.74) is 0. The van der Waals surface area contributed by atoms with Crippen LogP contribution in [0, 0.1) is 0 Å². The van der Waals surface area contributed by atoms with Crippen LogP contribution in [0.5, 0.6) is 0 Å². The van der Waals surface area contributed by atoms with Crippen molar-refractivity contribution in [3.05, 3.63) is 0 Å². The van der Waals surface area contributed by atoms with Crippen molar-refractivity contribution in [2.45, 2.75) is 122 Å². The lowest BCUT2D eigenvalue weighted by atomic mass is 10.0. The van der Waals surface area contributed by atoms with Gasteiger partial charge in [-0.15, -0.1) is 0 Å². The molecule has 0 saturated heterocycles. The van der Waals surface area contributed by atoms with E-state index in [9.17, 15) is 14.3 Å². The first kappa shape index (κ1) is 40.4. The van der Waals surface area contributed by atoms with Crippen LogP contribution in [0.1, 0.15) is 122 Å². The summed E-state index contributed by atoms with van der Waals surface area (Å²) in [6.45, 7) is 3.99. The summed E-state index contributed by atoms with van der Waals surface area (Å²) in [6.07, 6.45) is 24.8. The van der Waals surface area contributed by atoms with E-state index in [-0.39, 0.29) is 19.2 Å². The molecule has 10 heteroatoms. The van der Waals surface area contributed by atoms with Crippen LogP contribution in [0.3, 0.4) is 0 Å². The minimum absolute atomic E-state index is 0.0147. The first-order chi connectivity index (χ1) is 18.4. The lowest BCUT2D eigenvalue weighted by Crippen LogP contribution is -2.39. The van der Waals surface area contributed by atoms with Crippen molar-refractivity contribution in [2.75, 3.05) is 61.0 Å². The lowest BCUT2D eigenvalue weighted by molar-refractivity contribution is -0.870. The predicted octanol–water partition coefficient (Wildman–Crippen LogP) is 5.83. The molecule has 39 heavy (non-hydrogen) atoms. The standard InChI is InChI=1S/C24H50N2O2.C5H14NO4P/c1-3-4-5-6-7-8-9-10-11-12-13-14-15-16-17-18-19-20-21-25-24(28)26(2)22-23-27;1-6(2,3)4-5-10-11(7,8)9/h27H,3-23H2,1-2H3,(H,25,28);4-5H2,1-3H3,(H-,7,8,9). The summed E-state index contributed by atoms with van der Waals surface area (Å²) in [5, 5.41) is 11.7. The number of urea groups is 1. The summed E-state index contributed by atoms with van der Waals surface area (Å²) < 4.78 is 14.8. The van der Waals surface area contributed by atoms with Gasteiger partial charge in [0.05, 0.1) is 27.7 Å². The fourth-order valence-corrected chi connectivity index (χ4v) is 4.35. The molecular formula is C29H64N3O6P. The fraction of sp³-hybridized carbons (Fsp3) is 0.966. The molecule has 0 fully saturated rings. The van der Waals surface area contributed by atoms with Gasteiger partial charge in [0.25, 0.3) is 7.82 Å². The van der Waals surface area contributed by atoms with Crippen LogP contribution in [0.4, 0.5) is 4.79 Å². The molecule has 0 saturated carbocycles. The molecule has 0 spiro atoms. The van der Waals surface area contributed by atoms with Gasteiger partial charge in [0.2, 0.25) is 0 Å². The number of unbranched alkanes of at least 4 members (excludes halogenated alkanes) is 17. The molecule has 0 aliphatic rings. The summed E-state index contributed by atoms with van der Waals surface area (Å²) in [4.78, 5) is 31.4. The van der Waals surface area contributed by atoms with Gasteiger partial charge in [0.1, 0.15) is 13.2 Å². The zero-order chi connectivity index (χ0) is 29.8. The smallest absolute Gasteiger partial charge is 0.317 e. The van der Waals surface area contributed by atoms with E-state index in [2.05, 4.69) is 16.8 Å². The van der Waals surface area contributed by atoms with Gasteiger partial charge in [0.15, 0.2) is 0 Å². The number of phosphoric acid groups is 1. The lowest BCUT2D eigenvalue weighted by Gasteiger charge is -2.25. The van der Waals surface area contributed by atoms with E-state index >= 15 is 0 Å². The molecule has 1 atom stereocenters. The second kappa shape index (κ2) is 27.5. The summed E-state index contributed by atoms with van der Waals surface area (Å²) >= 11 is 0. The van der Waals surface area contributed by atoms with Gasteiger partial charge in [-0.25, -0.2) is 4.79 Å². The highest BCUT2D eigenvalue weighted by Crippen LogP contribution is 2.29. The number of nitrogens with one attached hydrogen (secondary N) is 1. The van der Waals surface area contributed by atoms with Gasteiger partial charge in [-0.3, -0.25) is 4.57 Å². The van der Waals surface area contributed by atoms with E-state index in [1.54, 1.807) is 7.05 Å². The van der Waals surface area contributed by atoms with E-state index in [0.717, 1.165) is 13.0 Å². The van der Waals surface area contributed by atoms with Gasteiger partial charge in [0, 0.05) is 20.1 Å². The van der Waals surface area contributed by atoms with Gasteiger partial charge < -0.3 is 34.1 Å². The number of quaternary nitrogens is 1. The monoisotopic (exact) mass is 581 g/mol. The normalized spacial score (nSPS) is 12.9. The van der Waals surface area contributed by atoms with Gasteiger partial charge in [-0.2, -0.15) is 0 Å². The van der Waals surface area contributed by atoms with Crippen LogP contribution in [-0.2, 0) is 9.09 Å². The van der Waals surface area contributed by atoms with Gasteiger partial charge >= 0.3 is 6.03 Å². The van der Waals surface area contributed by atoms with E-state index < -0.39 is 7.82 Å². The van der Waals surface area contributed by atoms with Crippen LogP contribution in [-0.4, -0.2) is 86.5 Å². The predicted molar refractivity (Wildman–Crippen MR) is 161 cm³/mol. The number of aliphatic hydroxyl groups excluding tert-OH is 1. The third-order valence-electron chi connectivity index (χ3n) is 6.61. The first-order valence-electron chi connectivity index (χ1n) is 15.5. The Balaban J connectivity index is 0. The Morgan fingerprint density at radius 2 is 1.21 bits per heavy atom. The molecule has 9 nitrogen and oxygen atoms in total. The molecule has 0 aromatic rings. The van der Waals surface area contributed by atoms with Crippen molar-refractivity contribution in [3.63, 3.8) is 0 Å². The molecular weight excluding hydrogens is 517 g/mol. The van der Waals surface area contributed by atoms with Crippen molar-refractivity contribution in [1.82, 2.24) is 10.2 Å². The number of hydrogen-bond acceptors (Lipinski definition) is 5. The molecule has 236 valence electrons. The van der Waals surface area contributed by atoms with Gasteiger partial charge in [-0.05, 0) is 6.42 Å². The number of likely N-dealkylation sites (N-methyl/N-ethyl adjacent to an activating group) is 2. The van der Waals surface area contributed by atoms with Crippen LogP contribution in [0.15, 0.2) is 0 Å². The Morgan fingerprint density at radius 1 is 0.821 bits per heavy atom. The molecule has 3 N–H and O–H groups in total. The summed E-state index contributed by atoms with van der Waals surface area (Å²) in [7, 11) is 2.90. The quantitative estimate of drug-likeness (QED) is 0.0708. The largest absolute Gasteiger partial charge is 0.756 e. The fourth-order valence-electron chi connectivity index (χ4n) is 4.04. The van der Waals surface area contributed by atoms with Gasteiger partial charge in [-0.1, -0.05) is 116 Å². The van der Waals surface area contributed by atoms with Crippen molar-refractivity contribution in [2.24, 2.45) is 0 Å². The number of aliphatic hydroxyl groups is 1. The Morgan fingerprint density at radius 3 is 1.54 bits per heavy atom. The highest BCUT2D eigenvalue weighted by Gasteiger charge is 2.09. The molecule has 0 aliphatic heterocycles. The third-order valence-corrected chi connectivity index (χ3v) is 7.11. The molecule has 0 bridgehead atoms. The summed E-state index contributed by atoms with van der Waals surface area (Å²) in [5.74, 6) is 0. The number of rotatable bonds is 25. The molecule has 0 aromatic carbocycles. The zero-order valence-electron chi connectivity index (χ0n) is 26.1. The first-order valence-corrected chi connectivity index (χ1v) is 17.0. The topological polar surface area (TPSA) is 122 Å². The minimum Gasteiger partial charge on any atom is -0.756 e. The Bertz CT molecular complexity index is 584. The maximum absolute atomic E-state index is 11.6. The second-order valence-electron chi connectivity index (χ2n) is 11.7. The van der Waals surface area contributed by atoms with Crippen LogP contribution >= 0.6 is 7.82 Å². The highest BCUT2D eigenvalue weighted by molar-refractivity contribution is 7.44. The molecule has 0 aliphatic carbocycles. The average Bonchev–Trinajstić information content (AvgIpc) is 2.84. The highest BCUT2D eigenvalue weighted by atomic mass is 31.2. The van der Waals surface area contributed by atoms with Crippen LogP contribution in [0.25, 0.3) is 0 Å². The SMILES string of the molecule is CCCCCCCCCCCCCCCCCCCCNC(=O)N(C)CCO.C[N+](C)(C)CCOP(=O)([O-])O. The van der Waals surface area contributed by atoms with Crippen molar-refractivity contribution < 1.29 is 33.3 Å². The number of nitrogens with zero attached hydrogens (tertiary/aromatic N) is 2.